The summed E-state index contributed by atoms with van der Waals surface area (Å²) in [4.78, 5) is 0. The standard InChI is InChI=1S/C30H18/c1-2-6-19-16-27-25-14-12-23-21-10-4-8-17-7-3-9-20(28(17)21)22-11-13-24(30(25)29(22)23)26(27)15-18(19)5-1/h1-11,13,15-16H,12,14H2. The van der Waals surface area contributed by atoms with Crippen LogP contribution in [-0.4, -0.2) is 0 Å². The largest absolute Gasteiger partial charge is 0.0616 e. The first-order chi connectivity index (χ1) is 14.9. The van der Waals surface area contributed by atoms with Gasteiger partial charge in [-0.2, -0.15) is 0 Å². The second-order valence-corrected chi connectivity index (χ2v) is 8.82. The van der Waals surface area contributed by atoms with Gasteiger partial charge in [0.05, 0.1) is 0 Å². The van der Waals surface area contributed by atoms with Crippen molar-refractivity contribution in [1.29, 1.82) is 0 Å². The summed E-state index contributed by atoms with van der Waals surface area (Å²) in [5.41, 5.74) is 7.39. The van der Waals surface area contributed by atoms with Gasteiger partial charge in [0, 0.05) is 0 Å². The van der Waals surface area contributed by atoms with E-state index >= 15 is 0 Å². The van der Waals surface area contributed by atoms with Crippen LogP contribution >= 0.6 is 0 Å². The van der Waals surface area contributed by atoms with Crippen molar-refractivity contribution in [2.75, 3.05) is 0 Å². The van der Waals surface area contributed by atoms with E-state index in [9.17, 15) is 0 Å². The van der Waals surface area contributed by atoms with Gasteiger partial charge in [-0.1, -0.05) is 72.8 Å². The molecule has 0 radical (unpaired) electrons. The van der Waals surface area contributed by atoms with E-state index in [1.54, 1.807) is 11.1 Å². The van der Waals surface area contributed by atoms with E-state index in [1.807, 2.05) is 0 Å². The fourth-order valence-electron chi connectivity index (χ4n) is 6.25. The van der Waals surface area contributed by atoms with Crippen LogP contribution in [0.3, 0.4) is 0 Å². The minimum Gasteiger partial charge on any atom is -0.0616 e. The predicted octanol–water partition coefficient (Wildman–Crippen LogP) is 7.14. The highest BCUT2D eigenvalue weighted by Gasteiger charge is 2.27. The van der Waals surface area contributed by atoms with Gasteiger partial charge in [0.2, 0.25) is 0 Å². The molecule has 0 heterocycles. The Balaban J connectivity index is 1.64. The maximum absolute atomic E-state index is 2.43. The summed E-state index contributed by atoms with van der Waals surface area (Å²) in [6.07, 6.45) is 2.25. The van der Waals surface area contributed by atoms with Gasteiger partial charge >= 0.3 is 0 Å². The molecular weight excluding hydrogens is 360 g/mol. The quantitative estimate of drug-likeness (QED) is 0.195. The van der Waals surface area contributed by atoms with Crippen molar-refractivity contribution in [3.63, 3.8) is 0 Å². The number of rotatable bonds is 0. The molecule has 0 atom stereocenters. The zero-order valence-corrected chi connectivity index (χ0v) is 16.5. The monoisotopic (exact) mass is 378 g/mol. The van der Waals surface area contributed by atoms with E-state index in [1.165, 1.54) is 65.0 Å². The molecule has 2 aliphatic rings. The van der Waals surface area contributed by atoms with Crippen LogP contribution in [0, 0.1) is 0 Å². The molecule has 0 aliphatic heterocycles. The highest BCUT2D eigenvalue weighted by molar-refractivity contribution is 6.24. The Morgan fingerprint density at radius 2 is 1.17 bits per heavy atom. The Morgan fingerprint density at radius 1 is 0.467 bits per heavy atom. The number of fused-ring (bicyclic) bond motifs is 6. The van der Waals surface area contributed by atoms with Crippen LogP contribution in [0.25, 0.3) is 59.8 Å². The number of hydrogen-bond acceptors (Lipinski definition) is 0. The van der Waals surface area contributed by atoms with Gasteiger partial charge in [-0.05, 0) is 101 Å². The molecule has 0 unspecified atom stereocenters. The Hall–Kier alpha value is -3.64. The van der Waals surface area contributed by atoms with Gasteiger partial charge in [0.15, 0.2) is 0 Å². The molecule has 0 saturated heterocycles. The maximum Gasteiger partial charge on any atom is -0.00296 e. The van der Waals surface area contributed by atoms with Gasteiger partial charge in [0.1, 0.15) is 0 Å². The predicted molar refractivity (Wildman–Crippen MR) is 128 cm³/mol. The lowest BCUT2D eigenvalue weighted by Gasteiger charge is -2.20. The Kier molecular flexibility index (Phi) is 2.59. The SMILES string of the molecule is c1ccc2cc3c(cc2c1)C1=c2c-3ccc3c2c(c2cccc4cccc3c42)CC1. The fourth-order valence-corrected chi connectivity index (χ4v) is 6.25. The van der Waals surface area contributed by atoms with Crippen molar-refractivity contribution in [3.8, 4) is 11.1 Å². The summed E-state index contributed by atoms with van der Waals surface area (Å²) < 4.78 is 0. The zero-order chi connectivity index (χ0) is 19.4. The molecule has 2 aliphatic carbocycles. The smallest absolute Gasteiger partial charge is 0.00296 e. The molecule has 0 aromatic heterocycles. The average Bonchev–Trinajstić information content (AvgIpc) is 3.12. The first-order valence-electron chi connectivity index (χ1n) is 10.8. The first-order valence-corrected chi connectivity index (χ1v) is 10.8. The van der Waals surface area contributed by atoms with Gasteiger partial charge < -0.3 is 0 Å². The second-order valence-electron chi connectivity index (χ2n) is 8.82. The van der Waals surface area contributed by atoms with Crippen molar-refractivity contribution in [2.24, 2.45) is 0 Å². The molecule has 0 fully saturated rings. The Labute approximate surface area is 174 Å². The van der Waals surface area contributed by atoms with E-state index < -0.39 is 0 Å². The van der Waals surface area contributed by atoms with Crippen LogP contribution in [0.5, 0.6) is 0 Å². The van der Waals surface area contributed by atoms with Crippen LogP contribution in [0.4, 0.5) is 0 Å². The van der Waals surface area contributed by atoms with Crippen molar-refractivity contribution in [2.45, 2.75) is 12.8 Å². The normalized spacial score (nSPS) is 14.3. The number of hydrogen-bond donors (Lipinski definition) is 0. The van der Waals surface area contributed by atoms with Gasteiger partial charge in [0.25, 0.3) is 0 Å². The minimum atomic E-state index is 1.12. The molecule has 138 valence electrons. The second kappa shape index (κ2) is 5.09. The third-order valence-electron chi connectivity index (χ3n) is 7.46. The summed E-state index contributed by atoms with van der Waals surface area (Å²) in [5.74, 6) is 0. The first kappa shape index (κ1) is 15.2. The molecule has 0 amide bonds. The molecule has 8 rings (SSSR count). The molecule has 30 heavy (non-hydrogen) atoms. The maximum atomic E-state index is 2.43. The average molecular weight is 378 g/mol. The van der Waals surface area contributed by atoms with Crippen molar-refractivity contribution in [3.05, 3.63) is 101 Å². The highest BCUT2D eigenvalue weighted by Crippen LogP contribution is 2.44. The van der Waals surface area contributed by atoms with Crippen LogP contribution in [0.15, 0.2) is 84.9 Å². The zero-order valence-electron chi connectivity index (χ0n) is 16.5. The third kappa shape index (κ3) is 1.66. The number of benzene rings is 6. The van der Waals surface area contributed by atoms with E-state index in [-0.39, 0.29) is 0 Å². The molecule has 6 aromatic carbocycles. The summed E-state index contributed by atoms with van der Waals surface area (Å²) in [5, 5.41) is 12.7. The van der Waals surface area contributed by atoms with E-state index in [2.05, 4.69) is 84.9 Å². The summed E-state index contributed by atoms with van der Waals surface area (Å²) in [7, 11) is 0. The molecule has 0 N–H and O–H groups in total. The lowest BCUT2D eigenvalue weighted by molar-refractivity contribution is 1.02. The Morgan fingerprint density at radius 3 is 2.00 bits per heavy atom. The molecule has 6 aromatic rings. The lowest BCUT2D eigenvalue weighted by Crippen LogP contribution is -2.14. The van der Waals surface area contributed by atoms with Crippen LogP contribution in [0.1, 0.15) is 17.5 Å². The Bertz CT molecular complexity index is 1780. The van der Waals surface area contributed by atoms with Crippen LogP contribution in [-0.2, 0) is 6.42 Å². The molecular formula is C30H18. The molecule has 0 nitrogen and oxygen atoms in total. The van der Waals surface area contributed by atoms with Crippen molar-refractivity contribution in [1.82, 2.24) is 0 Å². The molecule has 0 spiro atoms. The van der Waals surface area contributed by atoms with Crippen LogP contribution < -0.4 is 5.22 Å². The van der Waals surface area contributed by atoms with E-state index in [4.69, 9.17) is 0 Å². The lowest BCUT2D eigenvalue weighted by atomic mass is 9.83. The van der Waals surface area contributed by atoms with Crippen molar-refractivity contribution < 1.29 is 0 Å². The van der Waals surface area contributed by atoms with E-state index in [0.717, 1.165) is 12.8 Å². The van der Waals surface area contributed by atoms with Crippen LogP contribution in [0.2, 0.25) is 0 Å². The number of aryl methyl sites for hydroxylation is 1. The summed E-state index contributed by atoms with van der Waals surface area (Å²) in [6, 6.07) is 32.0. The molecule has 0 heteroatoms. The summed E-state index contributed by atoms with van der Waals surface area (Å²) in [6.45, 7) is 0. The third-order valence-corrected chi connectivity index (χ3v) is 7.46. The van der Waals surface area contributed by atoms with Gasteiger partial charge in [-0.25, -0.2) is 0 Å². The van der Waals surface area contributed by atoms with Gasteiger partial charge in [-0.3, -0.25) is 0 Å². The highest BCUT2D eigenvalue weighted by atomic mass is 14.3. The topological polar surface area (TPSA) is 0 Å². The van der Waals surface area contributed by atoms with Gasteiger partial charge in [-0.15, -0.1) is 0 Å². The minimum absolute atomic E-state index is 1.12. The molecule has 0 saturated carbocycles. The van der Waals surface area contributed by atoms with Crippen molar-refractivity contribution >= 4 is 48.7 Å². The van der Waals surface area contributed by atoms with E-state index in [0.29, 0.717) is 0 Å². The fraction of sp³-hybridized carbons (Fsp3) is 0.0667. The summed E-state index contributed by atoms with van der Waals surface area (Å²) >= 11 is 0. The molecule has 0 bridgehead atoms.